The number of carbonyl (C=O) groups is 2. The molecule has 1 aliphatic rings. The summed E-state index contributed by atoms with van der Waals surface area (Å²) in [6.45, 7) is 6.26. The second kappa shape index (κ2) is 7.43. The number of para-hydroxylation sites is 1. The largest absolute Gasteiger partial charge is 0.353 e. The first-order chi connectivity index (χ1) is 13.5. The second-order valence-corrected chi connectivity index (χ2v) is 7.20. The van der Waals surface area contributed by atoms with Crippen LogP contribution in [0.15, 0.2) is 54.6 Å². The Bertz CT molecular complexity index is 1050. The van der Waals surface area contributed by atoms with Gasteiger partial charge in [-0.25, -0.2) is 4.98 Å². The average molecular weight is 373 g/mol. The Labute approximate surface area is 164 Å². The zero-order chi connectivity index (χ0) is 19.7. The van der Waals surface area contributed by atoms with Gasteiger partial charge in [0.25, 0.3) is 5.91 Å². The smallest absolute Gasteiger partial charge is 0.254 e. The van der Waals surface area contributed by atoms with Gasteiger partial charge >= 0.3 is 0 Å². The molecular weight excluding hydrogens is 350 g/mol. The van der Waals surface area contributed by atoms with E-state index in [2.05, 4.69) is 24.0 Å². The molecule has 3 aromatic rings. The van der Waals surface area contributed by atoms with E-state index in [0.29, 0.717) is 24.2 Å². The fourth-order valence-electron chi connectivity index (χ4n) is 3.78. The molecule has 1 aromatic heterocycles. The van der Waals surface area contributed by atoms with Crippen LogP contribution in [0.4, 0.5) is 5.82 Å². The monoisotopic (exact) mass is 373 g/mol. The molecule has 0 radical (unpaired) electrons. The highest BCUT2D eigenvalue weighted by molar-refractivity contribution is 6.07. The van der Waals surface area contributed by atoms with Crippen LogP contribution in [0.1, 0.15) is 33.2 Å². The van der Waals surface area contributed by atoms with E-state index in [4.69, 9.17) is 4.98 Å². The molecule has 0 spiro atoms. The third kappa shape index (κ3) is 3.36. The number of aromatic nitrogens is 1. The fraction of sp³-hybridized carbons (Fsp3) is 0.261. The number of carbonyl (C=O) groups excluding carboxylic acids is 2. The molecule has 0 N–H and O–H groups in total. The Morgan fingerprint density at radius 3 is 2.25 bits per heavy atom. The van der Waals surface area contributed by atoms with Gasteiger partial charge in [-0.2, -0.15) is 0 Å². The van der Waals surface area contributed by atoms with Crippen molar-refractivity contribution in [2.75, 3.05) is 31.1 Å². The summed E-state index contributed by atoms with van der Waals surface area (Å²) in [5.74, 6) is 0.791. The van der Waals surface area contributed by atoms with Gasteiger partial charge in [-0.3, -0.25) is 9.59 Å². The topological polar surface area (TPSA) is 53.5 Å². The summed E-state index contributed by atoms with van der Waals surface area (Å²) in [5.41, 5.74) is 3.17. The molecule has 1 amide bonds. The highest BCUT2D eigenvalue weighted by Gasteiger charge is 2.25. The standard InChI is InChI=1S/C23H23N3O2/c1-16-15-22(24-21-10-6-5-7-18(16)21)25-11-13-26(14-12-25)23(28)20-9-4-3-8-19(20)17(2)27/h3-10,15H,11-14H2,1-2H3. The van der Waals surface area contributed by atoms with Crippen molar-refractivity contribution in [2.24, 2.45) is 0 Å². The Balaban J connectivity index is 1.51. The normalized spacial score (nSPS) is 14.4. The number of rotatable bonds is 3. The van der Waals surface area contributed by atoms with Crippen molar-refractivity contribution in [3.8, 4) is 0 Å². The molecule has 5 heteroatoms. The van der Waals surface area contributed by atoms with E-state index in [1.807, 2.05) is 23.1 Å². The minimum atomic E-state index is -0.0848. The predicted octanol–water partition coefficient (Wildman–Crippen LogP) is 3.71. The maximum atomic E-state index is 12.9. The number of pyridine rings is 1. The number of fused-ring (bicyclic) bond motifs is 1. The number of anilines is 1. The van der Waals surface area contributed by atoms with Crippen LogP contribution >= 0.6 is 0 Å². The van der Waals surface area contributed by atoms with E-state index in [-0.39, 0.29) is 11.7 Å². The number of hydrogen-bond donors (Lipinski definition) is 0. The predicted molar refractivity (Wildman–Crippen MR) is 111 cm³/mol. The first-order valence-corrected chi connectivity index (χ1v) is 9.55. The van der Waals surface area contributed by atoms with Crippen molar-refractivity contribution in [3.63, 3.8) is 0 Å². The molecule has 2 aromatic carbocycles. The highest BCUT2D eigenvalue weighted by Crippen LogP contribution is 2.23. The van der Waals surface area contributed by atoms with Crippen molar-refractivity contribution in [1.82, 2.24) is 9.88 Å². The van der Waals surface area contributed by atoms with E-state index in [9.17, 15) is 9.59 Å². The van der Waals surface area contributed by atoms with Crippen LogP contribution in [0.5, 0.6) is 0 Å². The Kier molecular flexibility index (Phi) is 4.82. The van der Waals surface area contributed by atoms with Gasteiger partial charge in [0, 0.05) is 37.1 Å². The lowest BCUT2D eigenvalue weighted by molar-refractivity contribution is 0.0742. The maximum absolute atomic E-state index is 12.9. The molecule has 28 heavy (non-hydrogen) atoms. The summed E-state index contributed by atoms with van der Waals surface area (Å²) in [4.78, 5) is 33.6. The average Bonchev–Trinajstić information content (AvgIpc) is 2.73. The number of nitrogens with zero attached hydrogens (tertiary/aromatic N) is 3. The number of ketones is 1. The third-order valence-electron chi connectivity index (χ3n) is 5.34. The summed E-state index contributed by atoms with van der Waals surface area (Å²) in [7, 11) is 0. The van der Waals surface area contributed by atoms with Crippen molar-refractivity contribution in [1.29, 1.82) is 0 Å². The Hall–Kier alpha value is -3.21. The van der Waals surface area contributed by atoms with Gasteiger partial charge in [0.15, 0.2) is 5.78 Å². The lowest BCUT2D eigenvalue weighted by Gasteiger charge is -2.36. The summed E-state index contributed by atoms with van der Waals surface area (Å²) >= 11 is 0. The van der Waals surface area contributed by atoms with E-state index < -0.39 is 0 Å². The minimum absolute atomic E-state index is 0.0758. The van der Waals surface area contributed by atoms with Crippen LogP contribution < -0.4 is 4.90 Å². The van der Waals surface area contributed by atoms with Gasteiger partial charge in [-0.1, -0.05) is 36.4 Å². The molecule has 0 atom stereocenters. The molecule has 0 saturated carbocycles. The van der Waals surface area contributed by atoms with Crippen LogP contribution in [-0.4, -0.2) is 47.8 Å². The van der Waals surface area contributed by atoms with Crippen molar-refractivity contribution in [2.45, 2.75) is 13.8 Å². The minimum Gasteiger partial charge on any atom is -0.353 e. The highest BCUT2D eigenvalue weighted by atomic mass is 16.2. The van der Waals surface area contributed by atoms with Crippen LogP contribution in [0, 0.1) is 6.92 Å². The lowest BCUT2D eigenvalue weighted by Crippen LogP contribution is -2.49. The molecule has 0 bridgehead atoms. The molecule has 1 saturated heterocycles. The zero-order valence-corrected chi connectivity index (χ0v) is 16.2. The number of benzene rings is 2. The molecule has 1 aliphatic heterocycles. The van der Waals surface area contributed by atoms with Crippen molar-refractivity contribution < 1.29 is 9.59 Å². The van der Waals surface area contributed by atoms with E-state index in [1.54, 1.807) is 24.3 Å². The molecule has 4 rings (SSSR count). The Morgan fingerprint density at radius 2 is 1.54 bits per heavy atom. The van der Waals surface area contributed by atoms with E-state index >= 15 is 0 Å². The van der Waals surface area contributed by atoms with Crippen molar-refractivity contribution in [3.05, 3.63) is 71.3 Å². The van der Waals surface area contributed by atoms with Gasteiger partial charge in [0.05, 0.1) is 11.1 Å². The molecule has 2 heterocycles. The summed E-state index contributed by atoms with van der Waals surface area (Å²) in [6, 6.07) is 17.3. The van der Waals surface area contributed by atoms with Gasteiger partial charge in [-0.05, 0) is 37.6 Å². The molecule has 0 aliphatic carbocycles. The maximum Gasteiger partial charge on any atom is 0.254 e. The number of hydrogen-bond acceptors (Lipinski definition) is 4. The number of piperazine rings is 1. The molecular formula is C23H23N3O2. The Morgan fingerprint density at radius 1 is 0.893 bits per heavy atom. The van der Waals surface area contributed by atoms with E-state index in [1.165, 1.54) is 17.9 Å². The quantitative estimate of drug-likeness (QED) is 0.657. The fourth-order valence-corrected chi connectivity index (χ4v) is 3.78. The van der Waals surface area contributed by atoms with Crippen LogP contribution in [0.3, 0.4) is 0 Å². The summed E-state index contributed by atoms with van der Waals surface area (Å²) in [5, 5.41) is 1.17. The number of aryl methyl sites for hydroxylation is 1. The first-order valence-electron chi connectivity index (χ1n) is 9.55. The zero-order valence-electron chi connectivity index (χ0n) is 16.2. The van der Waals surface area contributed by atoms with Gasteiger partial charge in [-0.15, -0.1) is 0 Å². The number of Topliss-reactive ketones (excluding diaryl/α,β-unsaturated/α-hetero) is 1. The molecule has 1 fully saturated rings. The molecule has 0 unspecified atom stereocenters. The second-order valence-electron chi connectivity index (χ2n) is 7.20. The molecule has 142 valence electrons. The summed E-state index contributed by atoms with van der Waals surface area (Å²) < 4.78 is 0. The molecule has 5 nitrogen and oxygen atoms in total. The van der Waals surface area contributed by atoms with Crippen LogP contribution in [0.2, 0.25) is 0 Å². The van der Waals surface area contributed by atoms with Gasteiger partial charge in [0.1, 0.15) is 5.82 Å². The first kappa shape index (κ1) is 18.2. The number of amides is 1. The van der Waals surface area contributed by atoms with E-state index in [0.717, 1.165) is 24.4 Å². The third-order valence-corrected chi connectivity index (χ3v) is 5.34. The van der Waals surface area contributed by atoms with Crippen LogP contribution in [0.25, 0.3) is 10.9 Å². The summed E-state index contributed by atoms with van der Waals surface area (Å²) in [6.07, 6.45) is 0. The van der Waals surface area contributed by atoms with Crippen LogP contribution in [-0.2, 0) is 0 Å². The SMILES string of the molecule is CC(=O)c1ccccc1C(=O)N1CCN(c2cc(C)c3ccccc3n2)CC1. The van der Waals surface area contributed by atoms with Gasteiger partial charge in [0.2, 0.25) is 0 Å². The lowest BCUT2D eigenvalue weighted by atomic mass is 10.0. The van der Waals surface area contributed by atoms with Crippen molar-refractivity contribution >= 4 is 28.4 Å². The van der Waals surface area contributed by atoms with Gasteiger partial charge < -0.3 is 9.80 Å².